The second kappa shape index (κ2) is 11.3. The molecule has 0 spiro atoms. The van der Waals surface area contributed by atoms with Crippen LogP contribution in [0.2, 0.25) is 0 Å². The standard InChI is InChI=1S/C20H24N6.HI/c1-21-20(23-11-5-9-17-7-3-2-4-8-17)24-16-18-10-13-22-19(15-18)26-14-6-12-25-26;/h2-4,6-8,10,12-15H,5,9,11,16H2,1H3,(H2,21,23,24);1H. The van der Waals surface area contributed by atoms with Crippen LogP contribution in [-0.2, 0) is 13.0 Å². The summed E-state index contributed by atoms with van der Waals surface area (Å²) in [6.07, 6.45) is 7.54. The highest BCUT2D eigenvalue weighted by molar-refractivity contribution is 14.0. The number of hydrogen-bond donors (Lipinski definition) is 2. The molecule has 2 N–H and O–H groups in total. The average molecular weight is 476 g/mol. The van der Waals surface area contributed by atoms with Crippen LogP contribution in [-0.4, -0.2) is 34.3 Å². The lowest BCUT2D eigenvalue weighted by molar-refractivity contribution is 0.741. The highest BCUT2D eigenvalue weighted by atomic mass is 127. The van der Waals surface area contributed by atoms with Crippen molar-refractivity contribution in [1.82, 2.24) is 25.4 Å². The van der Waals surface area contributed by atoms with Crippen molar-refractivity contribution in [3.8, 4) is 5.82 Å². The van der Waals surface area contributed by atoms with Crippen LogP contribution in [0.5, 0.6) is 0 Å². The van der Waals surface area contributed by atoms with Crippen LogP contribution in [0.25, 0.3) is 5.82 Å². The lowest BCUT2D eigenvalue weighted by Crippen LogP contribution is -2.37. The fourth-order valence-corrected chi connectivity index (χ4v) is 2.65. The molecule has 3 rings (SSSR count). The second-order valence-corrected chi connectivity index (χ2v) is 5.91. The van der Waals surface area contributed by atoms with Crippen molar-refractivity contribution in [1.29, 1.82) is 0 Å². The average Bonchev–Trinajstić information content (AvgIpc) is 3.23. The van der Waals surface area contributed by atoms with Crippen molar-refractivity contribution in [2.45, 2.75) is 19.4 Å². The molecule has 0 saturated carbocycles. The summed E-state index contributed by atoms with van der Waals surface area (Å²) in [4.78, 5) is 8.63. The summed E-state index contributed by atoms with van der Waals surface area (Å²) >= 11 is 0. The van der Waals surface area contributed by atoms with Gasteiger partial charge in [-0.25, -0.2) is 9.67 Å². The Balaban J connectivity index is 0.00000261. The van der Waals surface area contributed by atoms with E-state index in [1.54, 1.807) is 24.1 Å². The number of benzene rings is 1. The van der Waals surface area contributed by atoms with Crippen molar-refractivity contribution in [2.75, 3.05) is 13.6 Å². The minimum Gasteiger partial charge on any atom is -0.356 e. The summed E-state index contributed by atoms with van der Waals surface area (Å²) in [5.41, 5.74) is 2.48. The zero-order valence-electron chi connectivity index (χ0n) is 15.4. The SMILES string of the molecule is CN=C(NCCCc1ccccc1)NCc1ccnc(-n2cccn2)c1.I. The highest BCUT2D eigenvalue weighted by Crippen LogP contribution is 2.06. The molecule has 0 unspecified atom stereocenters. The summed E-state index contributed by atoms with van der Waals surface area (Å²) in [6, 6.07) is 16.4. The van der Waals surface area contributed by atoms with E-state index in [1.807, 2.05) is 30.5 Å². The van der Waals surface area contributed by atoms with Crippen LogP contribution in [0.15, 0.2) is 72.1 Å². The Morgan fingerprint density at radius 3 is 2.63 bits per heavy atom. The molecule has 0 radical (unpaired) electrons. The van der Waals surface area contributed by atoms with Crippen molar-refractivity contribution in [3.63, 3.8) is 0 Å². The molecule has 0 aliphatic rings. The number of nitrogens with zero attached hydrogens (tertiary/aromatic N) is 4. The van der Waals surface area contributed by atoms with Gasteiger partial charge in [0, 0.05) is 38.7 Å². The van der Waals surface area contributed by atoms with E-state index in [-0.39, 0.29) is 24.0 Å². The number of guanidine groups is 1. The van der Waals surface area contributed by atoms with Gasteiger partial charge in [-0.15, -0.1) is 24.0 Å². The van der Waals surface area contributed by atoms with Crippen LogP contribution in [0.4, 0.5) is 0 Å². The Morgan fingerprint density at radius 1 is 1.04 bits per heavy atom. The van der Waals surface area contributed by atoms with Gasteiger partial charge in [0.05, 0.1) is 0 Å². The second-order valence-electron chi connectivity index (χ2n) is 5.91. The Kier molecular flexibility index (Phi) is 8.76. The molecule has 3 aromatic rings. The maximum atomic E-state index is 4.35. The number of pyridine rings is 1. The highest BCUT2D eigenvalue weighted by Gasteiger charge is 2.02. The number of hydrogen-bond acceptors (Lipinski definition) is 3. The third-order valence-electron chi connectivity index (χ3n) is 4.01. The maximum absolute atomic E-state index is 4.35. The largest absolute Gasteiger partial charge is 0.356 e. The monoisotopic (exact) mass is 476 g/mol. The fraction of sp³-hybridized carbons (Fsp3) is 0.250. The molecule has 1 aromatic carbocycles. The van der Waals surface area contributed by atoms with E-state index in [1.165, 1.54) is 5.56 Å². The molecule has 142 valence electrons. The third kappa shape index (κ3) is 6.67. The van der Waals surface area contributed by atoms with Gasteiger partial charge in [-0.1, -0.05) is 30.3 Å². The predicted octanol–water partition coefficient (Wildman–Crippen LogP) is 3.18. The molecule has 0 atom stereocenters. The van der Waals surface area contributed by atoms with Gasteiger partial charge in [0.15, 0.2) is 11.8 Å². The molecule has 2 aromatic heterocycles. The number of aliphatic imine (C=N–C) groups is 1. The van der Waals surface area contributed by atoms with E-state index < -0.39 is 0 Å². The first-order valence-corrected chi connectivity index (χ1v) is 8.78. The molecular weight excluding hydrogens is 451 g/mol. The van der Waals surface area contributed by atoms with E-state index in [2.05, 4.69) is 50.0 Å². The van der Waals surface area contributed by atoms with E-state index in [9.17, 15) is 0 Å². The Hall–Kier alpha value is -2.42. The Labute approximate surface area is 177 Å². The molecule has 0 fully saturated rings. The summed E-state index contributed by atoms with van der Waals surface area (Å²) in [6.45, 7) is 1.55. The van der Waals surface area contributed by atoms with Gasteiger partial charge in [0.25, 0.3) is 0 Å². The van der Waals surface area contributed by atoms with Gasteiger partial charge < -0.3 is 10.6 Å². The van der Waals surface area contributed by atoms with Gasteiger partial charge >= 0.3 is 0 Å². The van der Waals surface area contributed by atoms with Gasteiger partial charge in [0.1, 0.15) is 0 Å². The number of halogens is 1. The zero-order chi connectivity index (χ0) is 18.0. The number of aryl methyl sites for hydroxylation is 1. The van der Waals surface area contributed by atoms with Crippen LogP contribution in [0.1, 0.15) is 17.5 Å². The van der Waals surface area contributed by atoms with Gasteiger partial charge in [-0.2, -0.15) is 5.10 Å². The topological polar surface area (TPSA) is 67.1 Å². The van der Waals surface area contributed by atoms with Gasteiger partial charge in [0.2, 0.25) is 0 Å². The minimum absolute atomic E-state index is 0. The lowest BCUT2D eigenvalue weighted by Gasteiger charge is -2.12. The molecule has 6 nitrogen and oxygen atoms in total. The molecule has 0 amide bonds. The first-order chi connectivity index (χ1) is 12.8. The minimum atomic E-state index is 0. The zero-order valence-corrected chi connectivity index (χ0v) is 17.7. The van der Waals surface area contributed by atoms with Crippen molar-refractivity contribution in [3.05, 3.63) is 78.2 Å². The quantitative estimate of drug-likeness (QED) is 0.238. The molecule has 0 aliphatic heterocycles. The van der Waals surface area contributed by atoms with Gasteiger partial charge in [-0.05, 0) is 42.2 Å². The van der Waals surface area contributed by atoms with E-state index >= 15 is 0 Å². The lowest BCUT2D eigenvalue weighted by atomic mass is 10.1. The smallest absolute Gasteiger partial charge is 0.191 e. The summed E-state index contributed by atoms with van der Waals surface area (Å²) < 4.78 is 1.75. The van der Waals surface area contributed by atoms with Gasteiger partial charge in [-0.3, -0.25) is 4.99 Å². The van der Waals surface area contributed by atoms with E-state index in [4.69, 9.17) is 0 Å². The van der Waals surface area contributed by atoms with Crippen LogP contribution in [0, 0.1) is 0 Å². The first kappa shape index (κ1) is 20.9. The predicted molar refractivity (Wildman–Crippen MR) is 120 cm³/mol. The van der Waals surface area contributed by atoms with E-state index in [0.29, 0.717) is 6.54 Å². The number of aromatic nitrogens is 3. The molecule has 27 heavy (non-hydrogen) atoms. The fourth-order valence-electron chi connectivity index (χ4n) is 2.65. The van der Waals surface area contributed by atoms with Crippen LogP contribution in [0.3, 0.4) is 0 Å². The summed E-state index contributed by atoms with van der Waals surface area (Å²) in [7, 11) is 1.79. The number of rotatable bonds is 7. The van der Waals surface area contributed by atoms with Crippen LogP contribution < -0.4 is 10.6 Å². The molecular formula is C20H25IN6. The molecule has 0 bridgehead atoms. The third-order valence-corrected chi connectivity index (χ3v) is 4.01. The summed E-state index contributed by atoms with van der Waals surface area (Å²) in [5.74, 6) is 1.61. The molecule has 2 heterocycles. The molecule has 0 saturated heterocycles. The van der Waals surface area contributed by atoms with Crippen LogP contribution >= 0.6 is 24.0 Å². The molecule has 7 heteroatoms. The maximum Gasteiger partial charge on any atom is 0.191 e. The number of nitrogens with one attached hydrogen (secondary N) is 2. The summed E-state index contributed by atoms with van der Waals surface area (Å²) in [5, 5.41) is 10.9. The first-order valence-electron chi connectivity index (χ1n) is 8.78. The normalized spacial score (nSPS) is 10.9. The Bertz CT molecular complexity index is 818. The van der Waals surface area contributed by atoms with Crippen molar-refractivity contribution < 1.29 is 0 Å². The van der Waals surface area contributed by atoms with Crippen molar-refractivity contribution >= 4 is 29.9 Å². The van der Waals surface area contributed by atoms with E-state index in [0.717, 1.165) is 36.7 Å². The van der Waals surface area contributed by atoms with Crippen molar-refractivity contribution in [2.24, 2.45) is 4.99 Å². The Morgan fingerprint density at radius 2 is 1.89 bits per heavy atom. The molecule has 0 aliphatic carbocycles.